The lowest BCUT2D eigenvalue weighted by Gasteiger charge is -2.04. The van der Waals surface area contributed by atoms with E-state index in [0.717, 1.165) is 32.1 Å². The molecule has 0 aliphatic heterocycles. The molecule has 0 spiro atoms. The fourth-order valence-electron chi connectivity index (χ4n) is 3.85. The molecule has 0 bridgehead atoms. The third-order valence-electron chi connectivity index (χ3n) is 5.99. The number of hydrogen-bond donors (Lipinski definition) is 0. The molecule has 0 aliphatic rings. The molecule has 0 aromatic carbocycles. The van der Waals surface area contributed by atoms with Crippen molar-refractivity contribution in [3.05, 3.63) is 30.1 Å². The van der Waals surface area contributed by atoms with Crippen molar-refractivity contribution in [2.75, 3.05) is 6.61 Å². The zero-order valence-electron chi connectivity index (χ0n) is 21.7. The molecule has 3 nitrogen and oxygen atoms in total. The van der Waals surface area contributed by atoms with Gasteiger partial charge < -0.3 is 4.74 Å². The first kappa shape index (κ1) is 29.8. The van der Waals surface area contributed by atoms with Gasteiger partial charge in [0.05, 0.1) is 12.2 Å². The summed E-state index contributed by atoms with van der Waals surface area (Å²) in [6.45, 7) is 2.77. The Morgan fingerprint density at radius 2 is 1.12 bits per heavy atom. The molecule has 0 N–H and O–H groups in total. The predicted molar refractivity (Wildman–Crippen MR) is 143 cm³/mol. The lowest BCUT2D eigenvalue weighted by molar-refractivity contribution is 0.0497. The molecule has 0 unspecified atom stereocenters. The monoisotopic (exact) mass is 465 g/mol. The number of carbonyl (C=O) groups excluding carboxylic acids is 1. The van der Waals surface area contributed by atoms with Gasteiger partial charge in [0.15, 0.2) is 0 Å². The standard InChI is InChI=1S/C31H47NO2/c1-2-3-4-5-6-7-8-9-10-11-12-13-14-15-16-17-18-19-20-21-22-23-24-29-34-31(33)30-25-27-32-28-26-30/h25-28H,2-12,17-24,29H2,1H3. The molecule has 0 saturated heterocycles. The Hall–Kier alpha value is -2.26. The maximum Gasteiger partial charge on any atom is 0.338 e. The molecule has 0 atom stereocenters. The summed E-state index contributed by atoms with van der Waals surface area (Å²) in [5.41, 5.74) is 0.568. The van der Waals surface area contributed by atoms with Crippen LogP contribution in [0.5, 0.6) is 0 Å². The first-order valence-electron chi connectivity index (χ1n) is 13.9. The summed E-state index contributed by atoms with van der Waals surface area (Å²) in [4.78, 5) is 15.7. The van der Waals surface area contributed by atoms with E-state index in [1.165, 1.54) is 89.9 Å². The minimum Gasteiger partial charge on any atom is -0.462 e. The van der Waals surface area contributed by atoms with E-state index in [9.17, 15) is 4.79 Å². The highest BCUT2D eigenvalue weighted by Gasteiger charge is 2.05. The van der Waals surface area contributed by atoms with Crippen molar-refractivity contribution in [3.8, 4) is 23.7 Å². The number of aromatic nitrogens is 1. The minimum absolute atomic E-state index is 0.257. The maximum atomic E-state index is 11.8. The van der Waals surface area contributed by atoms with E-state index in [2.05, 4.69) is 35.6 Å². The Balaban J connectivity index is 1.80. The second kappa shape index (κ2) is 23.9. The normalized spacial score (nSPS) is 10.1. The molecule has 0 radical (unpaired) electrons. The number of esters is 1. The number of rotatable bonds is 20. The first-order valence-corrected chi connectivity index (χ1v) is 13.9. The average molecular weight is 466 g/mol. The molecule has 0 saturated carbocycles. The van der Waals surface area contributed by atoms with Crippen molar-refractivity contribution in [1.29, 1.82) is 0 Å². The Morgan fingerprint density at radius 3 is 1.62 bits per heavy atom. The molecular weight excluding hydrogens is 418 g/mol. The van der Waals surface area contributed by atoms with Crippen molar-refractivity contribution in [3.63, 3.8) is 0 Å². The summed E-state index contributed by atoms with van der Waals surface area (Å²) in [5.74, 6) is 12.2. The van der Waals surface area contributed by atoms with E-state index < -0.39 is 0 Å². The fourth-order valence-corrected chi connectivity index (χ4v) is 3.85. The lowest BCUT2D eigenvalue weighted by Crippen LogP contribution is -2.06. The maximum absolute atomic E-state index is 11.8. The van der Waals surface area contributed by atoms with E-state index in [-0.39, 0.29) is 5.97 Å². The molecule has 34 heavy (non-hydrogen) atoms. The highest BCUT2D eigenvalue weighted by atomic mass is 16.5. The number of carbonyl (C=O) groups is 1. The van der Waals surface area contributed by atoms with Gasteiger partial charge in [-0.3, -0.25) is 4.98 Å². The summed E-state index contributed by atoms with van der Waals surface area (Å²) in [7, 11) is 0. The van der Waals surface area contributed by atoms with E-state index in [0.29, 0.717) is 12.2 Å². The molecule has 1 aromatic heterocycles. The molecule has 3 heteroatoms. The summed E-state index contributed by atoms with van der Waals surface area (Å²) < 4.78 is 5.28. The second-order valence-corrected chi connectivity index (χ2v) is 9.13. The van der Waals surface area contributed by atoms with Gasteiger partial charge in [0.1, 0.15) is 0 Å². The van der Waals surface area contributed by atoms with E-state index >= 15 is 0 Å². The first-order chi connectivity index (χ1) is 16.8. The van der Waals surface area contributed by atoms with Crippen molar-refractivity contribution in [2.45, 2.75) is 129 Å². The van der Waals surface area contributed by atoms with Crippen LogP contribution in [0.4, 0.5) is 0 Å². The zero-order valence-corrected chi connectivity index (χ0v) is 21.7. The van der Waals surface area contributed by atoms with Gasteiger partial charge in [-0.1, -0.05) is 109 Å². The largest absolute Gasteiger partial charge is 0.462 e. The van der Waals surface area contributed by atoms with Crippen LogP contribution in [-0.2, 0) is 4.74 Å². The highest BCUT2D eigenvalue weighted by Crippen LogP contribution is 2.11. The van der Waals surface area contributed by atoms with Crippen molar-refractivity contribution in [1.82, 2.24) is 4.98 Å². The smallest absolute Gasteiger partial charge is 0.338 e. The Kier molecular flexibility index (Phi) is 20.9. The van der Waals surface area contributed by atoms with Crippen molar-refractivity contribution >= 4 is 5.97 Å². The van der Waals surface area contributed by atoms with Crippen LogP contribution in [0.25, 0.3) is 0 Å². The second-order valence-electron chi connectivity index (χ2n) is 9.13. The van der Waals surface area contributed by atoms with Gasteiger partial charge in [0.25, 0.3) is 0 Å². The van der Waals surface area contributed by atoms with Crippen LogP contribution in [0.15, 0.2) is 24.5 Å². The van der Waals surface area contributed by atoms with Gasteiger partial charge in [-0.15, -0.1) is 0 Å². The Labute approximate surface area is 209 Å². The zero-order chi connectivity index (χ0) is 24.4. The number of hydrogen-bond acceptors (Lipinski definition) is 3. The van der Waals surface area contributed by atoms with E-state index in [4.69, 9.17) is 4.74 Å². The number of pyridine rings is 1. The van der Waals surface area contributed by atoms with Crippen molar-refractivity contribution < 1.29 is 9.53 Å². The van der Waals surface area contributed by atoms with Crippen molar-refractivity contribution in [2.24, 2.45) is 0 Å². The van der Waals surface area contributed by atoms with Crippen LogP contribution in [0.2, 0.25) is 0 Å². The molecule has 1 rings (SSSR count). The summed E-state index contributed by atoms with van der Waals surface area (Å²) >= 11 is 0. The average Bonchev–Trinajstić information content (AvgIpc) is 2.87. The Bertz CT molecular complexity index is 721. The van der Waals surface area contributed by atoms with E-state index in [1.54, 1.807) is 24.5 Å². The van der Waals surface area contributed by atoms with Crippen LogP contribution in [-0.4, -0.2) is 17.6 Å². The third kappa shape index (κ3) is 19.2. The molecule has 0 amide bonds. The summed E-state index contributed by atoms with van der Waals surface area (Å²) in [6, 6.07) is 3.36. The van der Waals surface area contributed by atoms with Gasteiger partial charge in [0, 0.05) is 25.2 Å². The van der Waals surface area contributed by atoms with Crippen LogP contribution in [0, 0.1) is 23.7 Å². The van der Waals surface area contributed by atoms with Crippen LogP contribution >= 0.6 is 0 Å². The molecule has 0 aliphatic carbocycles. The SMILES string of the molecule is CCCCCCCCCCCCC#CC#CCCCCCCCCCOC(=O)c1ccncc1. The van der Waals surface area contributed by atoms with Gasteiger partial charge >= 0.3 is 5.97 Å². The molecule has 1 heterocycles. The van der Waals surface area contributed by atoms with E-state index in [1.807, 2.05) is 0 Å². The highest BCUT2D eigenvalue weighted by molar-refractivity contribution is 5.89. The van der Waals surface area contributed by atoms with Gasteiger partial charge in [-0.25, -0.2) is 4.79 Å². The molecular formula is C31H47NO2. The minimum atomic E-state index is -0.257. The number of nitrogens with zero attached hydrogens (tertiary/aromatic N) is 1. The summed E-state index contributed by atoms with van der Waals surface area (Å²) in [6.07, 6.45) is 27.0. The predicted octanol–water partition coefficient (Wildman–Crippen LogP) is 8.68. The Morgan fingerprint density at radius 1 is 0.676 bits per heavy atom. The lowest BCUT2D eigenvalue weighted by atomic mass is 10.1. The van der Waals surface area contributed by atoms with Gasteiger partial charge in [-0.2, -0.15) is 0 Å². The molecule has 188 valence electrons. The number of unbranched alkanes of at least 4 members (excludes halogenated alkanes) is 17. The van der Waals surface area contributed by atoms with Crippen LogP contribution in [0.3, 0.4) is 0 Å². The third-order valence-corrected chi connectivity index (χ3v) is 5.99. The van der Waals surface area contributed by atoms with Gasteiger partial charge in [-0.05, 0) is 43.2 Å². The summed E-state index contributed by atoms with van der Waals surface area (Å²) in [5, 5.41) is 0. The topological polar surface area (TPSA) is 39.2 Å². The molecule has 0 fully saturated rings. The van der Waals surface area contributed by atoms with Crippen LogP contribution in [0.1, 0.15) is 139 Å². The van der Waals surface area contributed by atoms with Gasteiger partial charge in [0.2, 0.25) is 0 Å². The fraction of sp³-hybridized carbons (Fsp3) is 0.677. The van der Waals surface area contributed by atoms with Crippen LogP contribution < -0.4 is 0 Å². The quantitative estimate of drug-likeness (QED) is 0.110. The number of ether oxygens (including phenoxy) is 1. The molecule has 1 aromatic rings.